The maximum atomic E-state index is 7.91. The van der Waals surface area contributed by atoms with E-state index in [1.807, 2.05) is 0 Å². The minimum absolute atomic E-state index is 0.482. The van der Waals surface area contributed by atoms with Crippen LogP contribution in [0.5, 0.6) is 0 Å². The van der Waals surface area contributed by atoms with Gasteiger partial charge in [0.1, 0.15) is 0 Å². The van der Waals surface area contributed by atoms with Crippen LogP contribution in [0.3, 0.4) is 0 Å². The second-order valence-electron chi connectivity index (χ2n) is 0.605. The molecule has 0 aromatic heterocycles. The number of nitrogens with zero attached hydrogens (tertiary/aromatic N) is 1. The molecule has 0 bridgehead atoms. The number of hydrogen-bond donors (Lipinski definition) is 1. The first-order chi connectivity index (χ1) is 2.91. The minimum atomic E-state index is 0.482. The first-order valence-corrected chi connectivity index (χ1v) is 2.99. The fraction of sp³-hybridized carbons (Fsp3) is 0. The van der Waals surface area contributed by atoms with Gasteiger partial charge in [0.05, 0.1) is 0 Å². The van der Waals surface area contributed by atoms with Gasteiger partial charge in [-0.2, -0.15) is 0 Å². The molecule has 1 N–H and O–H groups in total. The maximum absolute atomic E-state index is 7.91. The van der Waals surface area contributed by atoms with E-state index in [1.165, 1.54) is 0 Å². The molecule has 0 saturated heterocycles. The molecule has 0 aliphatic rings. The Morgan fingerprint density at radius 2 is 2.67 bits per heavy atom. The van der Waals surface area contributed by atoms with E-state index in [0.717, 1.165) is 6.89 Å². The van der Waals surface area contributed by atoms with Crippen LogP contribution in [0.4, 0.5) is 0 Å². The van der Waals surface area contributed by atoms with E-state index < -0.39 is 0 Å². The third-order valence-corrected chi connectivity index (χ3v) is 0.681. The van der Waals surface area contributed by atoms with E-state index in [-0.39, 0.29) is 0 Å². The second kappa shape index (κ2) is 5.67. The molecule has 0 spiro atoms. The van der Waals surface area contributed by atoms with Crippen LogP contribution in [0.25, 0.3) is 0 Å². The van der Waals surface area contributed by atoms with Crippen molar-refractivity contribution in [2.24, 2.45) is 4.30 Å². The van der Waals surface area contributed by atoms with Crippen molar-refractivity contribution in [2.45, 2.75) is 0 Å². The predicted molar refractivity (Wildman–Crippen MR) is 35.3 cm³/mol. The van der Waals surface area contributed by atoms with Gasteiger partial charge in [-0.1, -0.05) is 0 Å². The molecule has 0 amide bonds. The van der Waals surface area contributed by atoms with Crippen LogP contribution in [-0.2, 0) is 0 Å². The summed E-state index contributed by atoms with van der Waals surface area (Å²) in [5.41, 5.74) is 0. The van der Waals surface area contributed by atoms with Crippen LogP contribution in [0, 0.1) is 0 Å². The molecule has 2 nitrogen and oxygen atoms in total. The van der Waals surface area contributed by atoms with Gasteiger partial charge in [-0.3, -0.25) is 0 Å². The van der Waals surface area contributed by atoms with Crippen LogP contribution in [0.2, 0.25) is 0 Å². The summed E-state index contributed by atoms with van der Waals surface area (Å²) in [5, 5.41) is 0. The average molecular weight is 119 g/mol. The Morgan fingerprint density at radius 1 is 2.00 bits per heavy atom. The van der Waals surface area contributed by atoms with E-state index in [0.29, 0.717) is 12.2 Å². The zero-order chi connectivity index (χ0) is 4.83. The van der Waals surface area contributed by atoms with Crippen LogP contribution >= 0.6 is 21.3 Å². The molecule has 0 aromatic rings. The van der Waals surface area contributed by atoms with Crippen molar-refractivity contribution in [1.29, 1.82) is 0 Å². The Labute approximate surface area is 44.8 Å². The van der Waals surface area contributed by atoms with Gasteiger partial charge in [0, 0.05) is 0 Å². The summed E-state index contributed by atoms with van der Waals surface area (Å²) in [5.74, 6) is 0. The van der Waals surface area contributed by atoms with Gasteiger partial charge in [-0.05, 0) is 0 Å². The standard InChI is InChI=1S/B2H4NOPS/c4-6-3-1-2-5/h2,4H,5H2. The number of hydrogen-bond acceptors (Lipinski definition) is 3. The third-order valence-electron chi connectivity index (χ3n) is 0.227. The first-order valence-electron chi connectivity index (χ1n) is 1.44. The Morgan fingerprint density at radius 3 is 2.83 bits per heavy atom. The van der Waals surface area contributed by atoms with Crippen LogP contribution in [0.15, 0.2) is 4.30 Å². The third kappa shape index (κ3) is 4.67. The van der Waals surface area contributed by atoms with Gasteiger partial charge in [0.25, 0.3) is 0 Å². The molecular formula is H4B2NOPS. The molecule has 0 fully saturated rings. The zero-order valence-electron chi connectivity index (χ0n) is 3.16. The summed E-state index contributed by atoms with van der Waals surface area (Å²) < 4.78 is 11.3. The Hall–Kier alpha value is 0.670. The van der Waals surface area contributed by atoms with E-state index in [4.69, 9.17) is 4.55 Å². The van der Waals surface area contributed by atoms with Crippen molar-refractivity contribution < 1.29 is 4.55 Å². The van der Waals surface area contributed by atoms with Gasteiger partial charge in [-0.25, -0.2) is 0 Å². The van der Waals surface area contributed by atoms with Gasteiger partial charge in [-0.15, -0.1) is 0 Å². The van der Waals surface area contributed by atoms with E-state index in [2.05, 4.69) is 13.4 Å². The normalized spacial score (nSPS) is 8.33. The van der Waals surface area contributed by atoms with Crippen molar-refractivity contribution in [1.82, 2.24) is 0 Å². The van der Waals surface area contributed by atoms with Gasteiger partial charge in [0.2, 0.25) is 0 Å². The molecule has 0 saturated carbocycles. The second-order valence-corrected chi connectivity index (χ2v) is 1.45. The van der Waals surface area contributed by atoms with Gasteiger partial charge < -0.3 is 0 Å². The molecule has 0 heterocycles. The molecule has 0 aromatic carbocycles. The van der Waals surface area contributed by atoms with Crippen molar-refractivity contribution >= 4 is 35.2 Å². The van der Waals surface area contributed by atoms with Crippen LogP contribution in [-0.4, -0.2) is 18.4 Å². The van der Waals surface area contributed by atoms with Crippen LogP contribution < -0.4 is 0 Å². The molecule has 1 atom stereocenters. The SMILES string of the molecule is OS/N=B/BP. The molecular weight excluding hydrogens is 115 g/mol. The molecule has 1 unspecified atom stereocenters. The van der Waals surface area contributed by atoms with Crippen molar-refractivity contribution in [3.05, 3.63) is 0 Å². The first kappa shape index (κ1) is 6.67. The van der Waals surface area contributed by atoms with Gasteiger partial charge >= 0.3 is 44.1 Å². The zero-order valence-corrected chi connectivity index (χ0v) is 5.14. The molecule has 32 valence electrons. The summed E-state index contributed by atoms with van der Waals surface area (Å²) in [6, 6.07) is 0. The summed E-state index contributed by atoms with van der Waals surface area (Å²) in [6.07, 6.45) is 0. The molecule has 0 aliphatic carbocycles. The fourth-order valence-corrected chi connectivity index (χ4v) is 0.487. The van der Waals surface area contributed by atoms with Crippen molar-refractivity contribution in [3.63, 3.8) is 0 Å². The number of rotatable bonds is 2. The van der Waals surface area contributed by atoms with Crippen LogP contribution in [0.1, 0.15) is 0 Å². The molecule has 6 heavy (non-hydrogen) atoms. The van der Waals surface area contributed by atoms with E-state index >= 15 is 0 Å². The van der Waals surface area contributed by atoms with Crippen molar-refractivity contribution in [2.75, 3.05) is 0 Å². The quantitative estimate of drug-likeness (QED) is 0.242. The Balaban J connectivity index is 2.73. The monoisotopic (exact) mass is 119 g/mol. The summed E-state index contributed by atoms with van der Waals surface area (Å²) >= 11 is 0.482. The molecule has 0 rings (SSSR count). The van der Waals surface area contributed by atoms with Crippen molar-refractivity contribution in [3.8, 4) is 0 Å². The molecule has 0 radical (unpaired) electrons. The Kier molecular flexibility index (Phi) is 6.30. The summed E-state index contributed by atoms with van der Waals surface area (Å²) in [7, 11) is 2.46. The van der Waals surface area contributed by atoms with E-state index in [1.54, 1.807) is 6.96 Å². The molecule has 6 heteroatoms. The fourth-order valence-electron chi connectivity index (χ4n) is 0.0764. The Bertz CT molecular complexity index is 42.8. The van der Waals surface area contributed by atoms with E-state index in [9.17, 15) is 0 Å². The predicted octanol–water partition coefficient (Wildman–Crippen LogP) is 0.137. The molecule has 0 aliphatic heterocycles. The average Bonchev–Trinajstić information content (AvgIpc) is 1.61. The topological polar surface area (TPSA) is 32.6 Å². The summed E-state index contributed by atoms with van der Waals surface area (Å²) in [6.45, 7) is 2.41. The summed E-state index contributed by atoms with van der Waals surface area (Å²) in [4.78, 5) is 0. The van der Waals surface area contributed by atoms with Gasteiger partial charge in [0.15, 0.2) is 0 Å².